The number of ether oxygens (including phenoxy) is 1. The number of aromatic nitrogens is 2. The molecule has 6 heteroatoms. The summed E-state index contributed by atoms with van der Waals surface area (Å²) >= 11 is 5.97. The minimum atomic E-state index is 0.0573. The van der Waals surface area contributed by atoms with Crippen molar-refractivity contribution in [2.75, 3.05) is 18.1 Å². The first-order valence-electron chi connectivity index (χ1n) is 12.8. The molecule has 0 bridgehead atoms. The second-order valence-corrected chi connectivity index (χ2v) is 9.88. The molecular weight excluding hydrogens is 470 g/mol. The predicted octanol–water partition coefficient (Wildman–Crippen LogP) is 7.02. The molecule has 1 amide bonds. The number of halogens is 1. The lowest BCUT2D eigenvalue weighted by Crippen LogP contribution is -2.24. The second-order valence-electron chi connectivity index (χ2n) is 9.44. The molecule has 186 valence electrons. The first-order valence-corrected chi connectivity index (χ1v) is 13.2. The van der Waals surface area contributed by atoms with Crippen molar-refractivity contribution in [1.82, 2.24) is 9.55 Å². The summed E-state index contributed by atoms with van der Waals surface area (Å²) in [5.74, 6) is 2.01. The van der Waals surface area contributed by atoms with Gasteiger partial charge in [0.25, 0.3) is 0 Å². The molecule has 0 saturated carbocycles. The molecule has 1 fully saturated rings. The summed E-state index contributed by atoms with van der Waals surface area (Å²) in [5, 5.41) is 0.699. The second kappa shape index (κ2) is 11.2. The van der Waals surface area contributed by atoms with Crippen molar-refractivity contribution in [2.24, 2.45) is 0 Å². The lowest BCUT2D eigenvalue weighted by molar-refractivity contribution is -0.117. The molecule has 0 aliphatic carbocycles. The van der Waals surface area contributed by atoms with Crippen LogP contribution in [0.15, 0.2) is 72.8 Å². The van der Waals surface area contributed by atoms with Crippen LogP contribution >= 0.6 is 11.6 Å². The van der Waals surface area contributed by atoms with E-state index in [4.69, 9.17) is 21.3 Å². The molecule has 36 heavy (non-hydrogen) atoms. The molecule has 4 aromatic rings. The number of nitrogens with zero attached hydrogens (tertiary/aromatic N) is 3. The molecule has 0 spiro atoms. The van der Waals surface area contributed by atoms with Gasteiger partial charge in [0, 0.05) is 36.1 Å². The molecule has 5 nitrogen and oxygen atoms in total. The smallest absolute Gasteiger partial charge is 0.227 e. The zero-order valence-electron chi connectivity index (χ0n) is 20.7. The molecule has 1 aliphatic heterocycles. The number of imidazole rings is 1. The fourth-order valence-corrected chi connectivity index (χ4v) is 5.06. The van der Waals surface area contributed by atoms with Crippen LogP contribution in [0.5, 0.6) is 5.75 Å². The lowest BCUT2D eigenvalue weighted by atomic mass is 10.1. The Labute approximate surface area is 217 Å². The summed E-state index contributed by atoms with van der Waals surface area (Å²) in [4.78, 5) is 19.9. The number of carbonyl (C=O) groups excluding carboxylic acids is 1. The number of rotatable bonds is 10. The summed E-state index contributed by atoms with van der Waals surface area (Å²) in [6, 6.07) is 24.1. The SMILES string of the molecule is CCCCc1ccc(N2CC(c3nc4ccccc4n3CCCOc3ccc(Cl)cc3)CC2=O)cc1. The number of hydrogen-bond donors (Lipinski definition) is 0. The van der Waals surface area contributed by atoms with Gasteiger partial charge in [0.2, 0.25) is 5.91 Å². The zero-order valence-corrected chi connectivity index (χ0v) is 21.5. The topological polar surface area (TPSA) is 47.4 Å². The number of fused-ring (bicyclic) bond motifs is 1. The minimum absolute atomic E-state index is 0.0573. The molecule has 3 aromatic carbocycles. The summed E-state index contributed by atoms with van der Waals surface area (Å²) < 4.78 is 8.18. The molecular formula is C30H32ClN3O2. The lowest BCUT2D eigenvalue weighted by Gasteiger charge is -2.18. The van der Waals surface area contributed by atoms with Gasteiger partial charge in [0.1, 0.15) is 11.6 Å². The largest absolute Gasteiger partial charge is 0.494 e. The van der Waals surface area contributed by atoms with Crippen LogP contribution in [0.2, 0.25) is 5.02 Å². The zero-order chi connectivity index (χ0) is 24.9. The first kappa shape index (κ1) is 24.4. The first-order chi connectivity index (χ1) is 17.6. The molecule has 1 aromatic heterocycles. The van der Waals surface area contributed by atoms with Gasteiger partial charge in [-0.25, -0.2) is 4.98 Å². The number of anilines is 1. The van der Waals surface area contributed by atoms with Crippen LogP contribution in [-0.4, -0.2) is 28.6 Å². The van der Waals surface area contributed by atoms with E-state index in [0.29, 0.717) is 24.6 Å². The summed E-state index contributed by atoms with van der Waals surface area (Å²) in [7, 11) is 0. The van der Waals surface area contributed by atoms with Crippen LogP contribution < -0.4 is 9.64 Å². The molecule has 1 unspecified atom stereocenters. The van der Waals surface area contributed by atoms with Gasteiger partial charge < -0.3 is 14.2 Å². The average Bonchev–Trinajstić information content (AvgIpc) is 3.47. The average molecular weight is 502 g/mol. The molecule has 1 aliphatic rings. The number of para-hydroxylation sites is 2. The third-order valence-electron chi connectivity index (χ3n) is 6.85. The normalized spacial score (nSPS) is 15.7. The van der Waals surface area contributed by atoms with E-state index < -0.39 is 0 Å². The van der Waals surface area contributed by atoms with Crippen LogP contribution in [0.1, 0.15) is 49.9 Å². The van der Waals surface area contributed by atoms with Gasteiger partial charge in [-0.3, -0.25) is 4.79 Å². The van der Waals surface area contributed by atoms with Crippen molar-refractivity contribution in [1.29, 1.82) is 0 Å². The Morgan fingerprint density at radius 2 is 1.78 bits per heavy atom. The van der Waals surface area contributed by atoms with Gasteiger partial charge in [-0.2, -0.15) is 0 Å². The van der Waals surface area contributed by atoms with Gasteiger partial charge >= 0.3 is 0 Å². The van der Waals surface area contributed by atoms with E-state index in [-0.39, 0.29) is 11.8 Å². The highest BCUT2D eigenvalue weighted by molar-refractivity contribution is 6.30. The van der Waals surface area contributed by atoms with E-state index >= 15 is 0 Å². The Balaban J connectivity index is 1.30. The highest BCUT2D eigenvalue weighted by atomic mass is 35.5. The molecule has 1 saturated heterocycles. The van der Waals surface area contributed by atoms with Crippen molar-refractivity contribution in [3.63, 3.8) is 0 Å². The highest BCUT2D eigenvalue weighted by Gasteiger charge is 2.34. The van der Waals surface area contributed by atoms with Crippen LogP contribution in [-0.2, 0) is 17.8 Å². The van der Waals surface area contributed by atoms with E-state index in [1.165, 1.54) is 18.4 Å². The highest BCUT2D eigenvalue weighted by Crippen LogP contribution is 2.33. The predicted molar refractivity (Wildman–Crippen MR) is 146 cm³/mol. The Morgan fingerprint density at radius 1 is 1.00 bits per heavy atom. The van der Waals surface area contributed by atoms with Crippen LogP contribution in [0.4, 0.5) is 5.69 Å². The van der Waals surface area contributed by atoms with Gasteiger partial charge in [-0.05, 0) is 73.4 Å². The molecule has 2 heterocycles. The van der Waals surface area contributed by atoms with E-state index in [1.807, 2.05) is 47.4 Å². The van der Waals surface area contributed by atoms with Crippen molar-refractivity contribution >= 4 is 34.2 Å². The fourth-order valence-electron chi connectivity index (χ4n) is 4.94. The molecule has 1 atom stereocenters. The molecule has 0 radical (unpaired) electrons. The number of amides is 1. The fraction of sp³-hybridized carbons (Fsp3) is 0.333. The summed E-state index contributed by atoms with van der Waals surface area (Å²) in [6.45, 7) is 4.23. The number of unbranched alkanes of at least 4 members (excludes halogenated alkanes) is 1. The van der Waals surface area contributed by atoms with Gasteiger partial charge in [-0.1, -0.05) is 49.2 Å². The third kappa shape index (κ3) is 5.41. The maximum Gasteiger partial charge on any atom is 0.227 e. The maximum atomic E-state index is 13.0. The summed E-state index contributed by atoms with van der Waals surface area (Å²) in [5.41, 5.74) is 4.37. The van der Waals surface area contributed by atoms with Crippen molar-refractivity contribution < 1.29 is 9.53 Å². The van der Waals surface area contributed by atoms with Gasteiger partial charge in [-0.15, -0.1) is 0 Å². The van der Waals surface area contributed by atoms with E-state index in [9.17, 15) is 4.79 Å². The van der Waals surface area contributed by atoms with Crippen molar-refractivity contribution in [3.05, 3.63) is 89.2 Å². The Hall–Kier alpha value is -3.31. The number of hydrogen-bond acceptors (Lipinski definition) is 3. The monoisotopic (exact) mass is 501 g/mol. The van der Waals surface area contributed by atoms with Crippen LogP contribution in [0.3, 0.4) is 0 Å². The number of carbonyl (C=O) groups is 1. The van der Waals surface area contributed by atoms with Crippen LogP contribution in [0, 0.1) is 0 Å². The molecule has 5 rings (SSSR count). The Kier molecular flexibility index (Phi) is 7.57. The standard InChI is InChI=1S/C30H32ClN3O2/c1-2-3-7-22-10-14-25(15-11-22)34-21-23(20-29(34)35)30-32-27-8-4-5-9-28(27)33(30)18-6-19-36-26-16-12-24(31)13-17-26/h4-5,8-17,23H,2-3,6-7,18-21H2,1H3. The van der Waals surface area contributed by atoms with Gasteiger partial charge in [0.05, 0.1) is 17.6 Å². The Bertz CT molecular complexity index is 1310. The van der Waals surface area contributed by atoms with Gasteiger partial charge in [0.15, 0.2) is 0 Å². The van der Waals surface area contributed by atoms with E-state index in [1.54, 1.807) is 0 Å². The maximum absolute atomic E-state index is 13.0. The molecule has 0 N–H and O–H groups in total. The summed E-state index contributed by atoms with van der Waals surface area (Å²) in [6.07, 6.45) is 4.76. The third-order valence-corrected chi connectivity index (χ3v) is 7.10. The minimum Gasteiger partial charge on any atom is -0.494 e. The Morgan fingerprint density at radius 3 is 2.56 bits per heavy atom. The van der Waals surface area contributed by atoms with Crippen LogP contribution in [0.25, 0.3) is 11.0 Å². The van der Waals surface area contributed by atoms with E-state index in [0.717, 1.165) is 47.7 Å². The van der Waals surface area contributed by atoms with E-state index in [2.05, 4.69) is 41.8 Å². The quantitative estimate of drug-likeness (QED) is 0.219. The number of aryl methyl sites for hydroxylation is 2. The van der Waals surface area contributed by atoms with Crippen molar-refractivity contribution in [3.8, 4) is 5.75 Å². The van der Waals surface area contributed by atoms with Crippen molar-refractivity contribution in [2.45, 2.75) is 51.5 Å². The number of benzene rings is 3.